The molecule has 10 heteroatoms. The van der Waals surface area contributed by atoms with E-state index in [-0.39, 0.29) is 0 Å². The van der Waals surface area contributed by atoms with E-state index in [2.05, 4.69) is 15.2 Å². The standard InChI is InChI=1S/C21H21F3N4O3/c1-20(2,12-31-19(30)21(22,23)24)26-10-13-6-8-15(9-7-13)28-11-14-4-3-5-16(18(25)29)17(14)27-28/h3-9,11,26H,10,12H2,1-2H3,(H2,25,29). The number of carbonyl (C=O) groups is 2. The summed E-state index contributed by atoms with van der Waals surface area (Å²) >= 11 is 0. The topological polar surface area (TPSA) is 99.2 Å². The molecule has 164 valence electrons. The molecule has 2 aromatic carbocycles. The van der Waals surface area contributed by atoms with Crippen molar-refractivity contribution in [2.45, 2.75) is 32.1 Å². The van der Waals surface area contributed by atoms with Gasteiger partial charge in [-0.2, -0.15) is 18.3 Å². The SMILES string of the molecule is CC(C)(COC(=O)C(F)(F)F)NCc1ccc(-n2cc3cccc(C(N)=O)c3n2)cc1. The monoisotopic (exact) mass is 434 g/mol. The zero-order valence-electron chi connectivity index (χ0n) is 16.9. The Morgan fingerprint density at radius 1 is 1.13 bits per heavy atom. The molecule has 0 fully saturated rings. The quantitative estimate of drug-likeness (QED) is 0.557. The minimum absolute atomic E-state index is 0.338. The molecule has 0 aliphatic heterocycles. The molecule has 0 aliphatic carbocycles. The molecule has 0 saturated carbocycles. The van der Waals surface area contributed by atoms with Gasteiger partial charge in [0.05, 0.1) is 11.3 Å². The lowest BCUT2D eigenvalue weighted by Crippen LogP contribution is -2.44. The average molecular weight is 434 g/mol. The van der Waals surface area contributed by atoms with Gasteiger partial charge < -0.3 is 15.8 Å². The van der Waals surface area contributed by atoms with Crippen LogP contribution in [-0.4, -0.2) is 40.0 Å². The maximum absolute atomic E-state index is 12.3. The molecular weight excluding hydrogens is 413 g/mol. The molecule has 1 aromatic heterocycles. The molecule has 0 saturated heterocycles. The molecular formula is C21H21F3N4O3. The maximum Gasteiger partial charge on any atom is 0.490 e. The highest BCUT2D eigenvalue weighted by Crippen LogP contribution is 2.20. The van der Waals surface area contributed by atoms with Crippen molar-refractivity contribution >= 4 is 22.8 Å². The Balaban J connectivity index is 1.65. The van der Waals surface area contributed by atoms with Crippen LogP contribution in [0.15, 0.2) is 48.7 Å². The molecule has 1 amide bonds. The van der Waals surface area contributed by atoms with E-state index in [4.69, 9.17) is 5.73 Å². The van der Waals surface area contributed by atoms with Crippen LogP contribution in [0, 0.1) is 0 Å². The van der Waals surface area contributed by atoms with Gasteiger partial charge >= 0.3 is 12.1 Å². The Morgan fingerprint density at radius 2 is 1.81 bits per heavy atom. The van der Waals surface area contributed by atoms with Crippen molar-refractivity contribution in [3.63, 3.8) is 0 Å². The molecule has 0 unspecified atom stereocenters. The largest absolute Gasteiger partial charge is 0.490 e. The number of hydrogen-bond acceptors (Lipinski definition) is 5. The van der Waals surface area contributed by atoms with Crippen LogP contribution in [0.2, 0.25) is 0 Å². The van der Waals surface area contributed by atoms with Crippen molar-refractivity contribution in [2.75, 3.05) is 6.61 Å². The number of hydrogen-bond donors (Lipinski definition) is 2. The molecule has 0 bridgehead atoms. The molecule has 0 atom stereocenters. The number of fused-ring (bicyclic) bond motifs is 1. The summed E-state index contributed by atoms with van der Waals surface area (Å²) in [6.45, 7) is 3.20. The summed E-state index contributed by atoms with van der Waals surface area (Å²) in [4.78, 5) is 22.4. The number of ether oxygens (including phenoxy) is 1. The van der Waals surface area contributed by atoms with Crippen LogP contribution in [0.5, 0.6) is 0 Å². The van der Waals surface area contributed by atoms with Crippen molar-refractivity contribution < 1.29 is 27.5 Å². The molecule has 7 nitrogen and oxygen atoms in total. The summed E-state index contributed by atoms with van der Waals surface area (Å²) in [5.74, 6) is -2.77. The lowest BCUT2D eigenvalue weighted by atomic mass is 10.1. The zero-order valence-corrected chi connectivity index (χ0v) is 16.9. The summed E-state index contributed by atoms with van der Waals surface area (Å²) in [5, 5.41) is 8.28. The zero-order chi connectivity index (χ0) is 22.8. The van der Waals surface area contributed by atoms with Crippen molar-refractivity contribution in [1.82, 2.24) is 15.1 Å². The van der Waals surface area contributed by atoms with E-state index in [1.165, 1.54) is 0 Å². The minimum atomic E-state index is -5.01. The fourth-order valence-electron chi connectivity index (χ4n) is 2.86. The number of primary amides is 1. The first kappa shape index (κ1) is 22.3. The van der Waals surface area contributed by atoms with Crippen LogP contribution in [0.3, 0.4) is 0 Å². The number of halogens is 3. The second-order valence-corrected chi connectivity index (χ2v) is 7.66. The smallest absolute Gasteiger partial charge is 0.457 e. The molecule has 31 heavy (non-hydrogen) atoms. The number of rotatable bonds is 7. The van der Waals surface area contributed by atoms with Crippen molar-refractivity contribution in [1.29, 1.82) is 0 Å². The molecule has 3 N–H and O–H groups in total. The van der Waals surface area contributed by atoms with Crippen LogP contribution < -0.4 is 11.1 Å². The van der Waals surface area contributed by atoms with Gasteiger partial charge in [-0.05, 0) is 37.6 Å². The summed E-state index contributed by atoms with van der Waals surface area (Å²) < 4.78 is 42.7. The molecule has 0 spiro atoms. The number of amides is 1. The van der Waals surface area contributed by atoms with Crippen LogP contribution >= 0.6 is 0 Å². The summed E-state index contributed by atoms with van der Waals surface area (Å²) in [6.07, 6.45) is -3.23. The maximum atomic E-state index is 12.3. The van der Waals surface area contributed by atoms with E-state index in [0.29, 0.717) is 17.6 Å². The summed E-state index contributed by atoms with van der Waals surface area (Å²) in [5.41, 5.74) is 7.02. The number of aromatic nitrogens is 2. The number of alkyl halides is 3. The fourth-order valence-corrected chi connectivity index (χ4v) is 2.86. The number of carbonyl (C=O) groups excluding carboxylic acids is 2. The molecule has 3 aromatic rings. The molecule has 0 aliphatic rings. The Morgan fingerprint density at radius 3 is 2.42 bits per heavy atom. The average Bonchev–Trinajstić information content (AvgIpc) is 3.14. The lowest BCUT2D eigenvalue weighted by Gasteiger charge is -2.26. The second-order valence-electron chi connectivity index (χ2n) is 7.66. The number of nitrogens with two attached hydrogens (primary N) is 1. The van der Waals surface area contributed by atoms with Crippen molar-refractivity contribution in [3.8, 4) is 5.69 Å². The van der Waals surface area contributed by atoms with E-state index in [9.17, 15) is 22.8 Å². The Hall–Kier alpha value is -3.40. The van der Waals surface area contributed by atoms with Gasteiger partial charge in [0.2, 0.25) is 0 Å². The normalized spacial score (nSPS) is 12.2. The number of benzene rings is 2. The van der Waals surface area contributed by atoms with Gasteiger partial charge in [-0.15, -0.1) is 0 Å². The first-order valence-corrected chi connectivity index (χ1v) is 9.33. The molecule has 1 heterocycles. The third-order valence-corrected chi connectivity index (χ3v) is 4.57. The highest BCUT2D eigenvalue weighted by molar-refractivity contribution is 6.04. The second kappa shape index (κ2) is 8.38. The predicted molar refractivity (Wildman–Crippen MR) is 108 cm³/mol. The van der Waals surface area contributed by atoms with E-state index >= 15 is 0 Å². The van der Waals surface area contributed by atoms with Gasteiger partial charge in [-0.25, -0.2) is 9.48 Å². The van der Waals surface area contributed by atoms with Crippen LogP contribution in [-0.2, 0) is 16.1 Å². The predicted octanol–water partition coefficient (Wildman–Crippen LogP) is 3.10. The minimum Gasteiger partial charge on any atom is -0.457 e. The summed E-state index contributed by atoms with van der Waals surface area (Å²) in [7, 11) is 0. The first-order chi connectivity index (χ1) is 14.5. The van der Waals surface area contributed by atoms with Crippen LogP contribution in [0.25, 0.3) is 16.6 Å². The first-order valence-electron chi connectivity index (χ1n) is 9.33. The van der Waals surface area contributed by atoms with Gasteiger partial charge in [0.1, 0.15) is 12.1 Å². The number of nitrogens with zero attached hydrogens (tertiary/aromatic N) is 2. The summed E-state index contributed by atoms with van der Waals surface area (Å²) in [6, 6.07) is 12.5. The van der Waals surface area contributed by atoms with Gasteiger partial charge in [0.15, 0.2) is 0 Å². The van der Waals surface area contributed by atoms with Crippen LogP contribution in [0.4, 0.5) is 13.2 Å². The van der Waals surface area contributed by atoms with Gasteiger partial charge in [-0.1, -0.05) is 24.3 Å². The van der Waals surface area contributed by atoms with E-state index in [1.807, 2.05) is 30.3 Å². The highest BCUT2D eigenvalue weighted by Gasteiger charge is 2.41. The number of nitrogens with one attached hydrogen (secondary N) is 1. The fraction of sp³-hybridized carbons (Fsp3) is 0.286. The number of esters is 1. The van der Waals surface area contributed by atoms with Crippen LogP contribution in [0.1, 0.15) is 29.8 Å². The third kappa shape index (κ3) is 5.40. The van der Waals surface area contributed by atoms with E-state index in [1.54, 1.807) is 36.9 Å². The Kier molecular flexibility index (Phi) is 6.03. The van der Waals surface area contributed by atoms with Crippen molar-refractivity contribution in [2.24, 2.45) is 5.73 Å². The molecule has 3 rings (SSSR count). The van der Waals surface area contributed by atoms with E-state index < -0.39 is 30.2 Å². The Labute approximate surface area is 176 Å². The van der Waals surface area contributed by atoms with Gasteiger partial charge in [-0.3, -0.25) is 4.79 Å². The van der Waals surface area contributed by atoms with Gasteiger partial charge in [0.25, 0.3) is 5.91 Å². The van der Waals surface area contributed by atoms with Gasteiger partial charge in [0, 0.05) is 23.7 Å². The third-order valence-electron chi connectivity index (χ3n) is 4.57. The van der Waals surface area contributed by atoms with Crippen molar-refractivity contribution in [3.05, 3.63) is 59.8 Å². The van der Waals surface area contributed by atoms with E-state index in [0.717, 1.165) is 16.6 Å². The highest BCUT2D eigenvalue weighted by atomic mass is 19.4. The Bertz CT molecular complexity index is 1110. The molecule has 0 radical (unpaired) electrons. The lowest BCUT2D eigenvalue weighted by molar-refractivity contribution is -0.201.